The van der Waals surface area contributed by atoms with Crippen molar-refractivity contribution in [1.82, 2.24) is 15.0 Å². The first-order chi connectivity index (χ1) is 14.3. The second-order valence-corrected chi connectivity index (χ2v) is 8.61. The molecule has 1 atom stereocenters. The quantitative estimate of drug-likeness (QED) is 0.471. The maximum Gasteiger partial charge on any atom is 0.328 e. The SMILES string of the molecule is COC(=O)[C@H](Cc1c[nH]c2ccccc12)NC(=O)CNS(=O)(=O)c1ccc(C)cc1. The summed E-state index contributed by atoms with van der Waals surface area (Å²) in [7, 11) is -2.61. The van der Waals surface area contributed by atoms with Gasteiger partial charge in [0.1, 0.15) is 6.04 Å². The molecule has 0 saturated carbocycles. The predicted octanol–water partition coefficient (Wildman–Crippen LogP) is 1.66. The molecule has 1 heterocycles. The van der Waals surface area contributed by atoms with E-state index in [1.165, 1.54) is 19.2 Å². The average molecular weight is 429 g/mol. The number of benzene rings is 2. The van der Waals surface area contributed by atoms with E-state index in [9.17, 15) is 18.0 Å². The van der Waals surface area contributed by atoms with E-state index in [0.29, 0.717) is 0 Å². The van der Waals surface area contributed by atoms with Crippen LogP contribution in [0.25, 0.3) is 10.9 Å². The maximum atomic E-state index is 12.3. The van der Waals surface area contributed by atoms with Gasteiger partial charge in [0.05, 0.1) is 18.6 Å². The Kier molecular flexibility index (Phi) is 6.53. The number of methoxy groups -OCH3 is 1. The number of carbonyl (C=O) groups is 2. The van der Waals surface area contributed by atoms with Crippen molar-refractivity contribution in [2.24, 2.45) is 0 Å². The largest absolute Gasteiger partial charge is 0.467 e. The third-order valence-electron chi connectivity index (χ3n) is 4.67. The molecular weight excluding hydrogens is 406 g/mol. The van der Waals surface area contributed by atoms with Crippen molar-refractivity contribution in [1.29, 1.82) is 0 Å². The highest BCUT2D eigenvalue weighted by molar-refractivity contribution is 7.89. The number of hydrogen-bond acceptors (Lipinski definition) is 5. The van der Waals surface area contributed by atoms with Crippen LogP contribution in [0, 0.1) is 6.92 Å². The number of carbonyl (C=O) groups excluding carboxylic acids is 2. The number of aromatic amines is 1. The van der Waals surface area contributed by atoms with E-state index < -0.39 is 34.5 Å². The summed E-state index contributed by atoms with van der Waals surface area (Å²) in [4.78, 5) is 27.7. The number of ether oxygens (including phenoxy) is 1. The first-order valence-electron chi connectivity index (χ1n) is 9.28. The number of nitrogens with one attached hydrogen (secondary N) is 3. The topological polar surface area (TPSA) is 117 Å². The zero-order valence-electron chi connectivity index (χ0n) is 16.6. The standard InChI is InChI=1S/C21H23N3O5S/c1-14-7-9-16(10-8-14)30(27,28)23-13-20(25)24-19(21(26)29-2)11-15-12-22-18-6-4-3-5-17(15)18/h3-10,12,19,22-23H,11,13H2,1-2H3,(H,24,25)/t19-/m0/s1. The summed E-state index contributed by atoms with van der Waals surface area (Å²) in [5, 5.41) is 3.48. The second-order valence-electron chi connectivity index (χ2n) is 6.84. The number of hydrogen-bond donors (Lipinski definition) is 3. The fraction of sp³-hybridized carbons (Fsp3) is 0.238. The molecule has 1 amide bonds. The summed E-state index contributed by atoms with van der Waals surface area (Å²) < 4.78 is 31.7. The molecule has 9 heteroatoms. The first kappa shape index (κ1) is 21.5. The molecule has 0 fully saturated rings. The molecule has 1 aromatic heterocycles. The Labute approximate surface area is 174 Å². The number of fused-ring (bicyclic) bond motifs is 1. The number of aryl methyl sites for hydroxylation is 1. The zero-order chi connectivity index (χ0) is 21.7. The first-order valence-corrected chi connectivity index (χ1v) is 10.8. The van der Waals surface area contributed by atoms with Crippen molar-refractivity contribution < 1.29 is 22.7 Å². The van der Waals surface area contributed by atoms with Gasteiger partial charge >= 0.3 is 5.97 Å². The number of sulfonamides is 1. The van der Waals surface area contributed by atoms with E-state index in [4.69, 9.17) is 4.74 Å². The molecule has 0 radical (unpaired) electrons. The van der Waals surface area contributed by atoms with Crippen molar-refractivity contribution in [3.8, 4) is 0 Å². The number of aromatic nitrogens is 1. The van der Waals surface area contributed by atoms with E-state index in [2.05, 4.69) is 15.0 Å². The second kappa shape index (κ2) is 9.10. The maximum absolute atomic E-state index is 12.3. The van der Waals surface area contributed by atoms with Gasteiger partial charge in [-0.3, -0.25) is 4.79 Å². The Bertz CT molecular complexity index is 1150. The van der Waals surface area contributed by atoms with E-state index in [1.54, 1.807) is 18.3 Å². The van der Waals surface area contributed by atoms with Gasteiger partial charge in [-0.25, -0.2) is 17.9 Å². The molecule has 158 valence electrons. The molecule has 0 unspecified atom stereocenters. The minimum absolute atomic E-state index is 0.0595. The summed E-state index contributed by atoms with van der Waals surface area (Å²) in [6, 6.07) is 12.9. The molecule has 0 spiro atoms. The van der Waals surface area contributed by atoms with Crippen LogP contribution < -0.4 is 10.0 Å². The summed E-state index contributed by atoms with van der Waals surface area (Å²) in [6.07, 6.45) is 1.97. The Morgan fingerprint density at radius 3 is 2.50 bits per heavy atom. The Balaban J connectivity index is 1.67. The summed E-state index contributed by atoms with van der Waals surface area (Å²) >= 11 is 0. The van der Waals surface area contributed by atoms with Gasteiger partial charge in [-0.15, -0.1) is 0 Å². The number of H-pyrrole nitrogens is 1. The molecule has 3 rings (SSSR count). The molecule has 0 bridgehead atoms. The van der Waals surface area contributed by atoms with Crippen LogP contribution >= 0.6 is 0 Å². The molecule has 0 aliphatic heterocycles. The van der Waals surface area contributed by atoms with Crippen LogP contribution in [-0.4, -0.2) is 45.0 Å². The van der Waals surface area contributed by atoms with Crippen molar-refractivity contribution in [3.63, 3.8) is 0 Å². The lowest BCUT2D eigenvalue weighted by molar-refractivity contribution is -0.144. The van der Waals surface area contributed by atoms with Crippen molar-refractivity contribution in [2.45, 2.75) is 24.3 Å². The minimum Gasteiger partial charge on any atom is -0.467 e. The lowest BCUT2D eigenvalue weighted by atomic mass is 10.0. The Hall–Kier alpha value is -3.17. The molecule has 3 N–H and O–H groups in total. The normalized spacial score (nSPS) is 12.5. The van der Waals surface area contributed by atoms with Crippen LogP contribution in [0.5, 0.6) is 0 Å². The van der Waals surface area contributed by atoms with Crippen LogP contribution in [0.3, 0.4) is 0 Å². The molecule has 2 aromatic carbocycles. The van der Waals surface area contributed by atoms with Gasteiger partial charge in [0, 0.05) is 23.5 Å². The fourth-order valence-electron chi connectivity index (χ4n) is 3.06. The van der Waals surface area contributed by atoms with Gasteiger partial charge in [0.25, 0.3) is 0 Å². The third kappa shape index (κ3) is 5.05. The lowest BCUT2D eigenvalue weighted by Crippen LogP contribution is -2.47. The van der Waals surface area contributed by atoms with Crippen molar-refractivity contribution >= 4 is 32.8 Å². The van der Waals surface area contributed by atoms with Gasteiger partial charge in [-0.2, -0.15) is 0 Å². The highest BCUT2D eigenvalue weighted by atomic mass is 32.2. The number of rotatable bonds is 8. The monoisotopic (exact) mass is 429 g/mol. The van der Waals surface area contributed by atoms with Crippen LogP contribution in [0.4, 0.5) is 0 Å². The fourth-order valence-corrected chi connectivity index (χ4v) is 4.04. The van der Waals surface area contributed by atoms with E-state index in [0.717, 1.165) is 22.0 Å². The highest BCUT2D eigenvalue weighted by Gasteiger charge is 2.24. The van der Waals surface area contributed by atoms with Gasteiger partial charge in [-0.05, 0) is 30.7 Å². The smallest absolute Gasteiger partial charge is 0.328 e. The van der Waals surface area contributed by atoms with Crippen molar-refractivity contribution in [3.05, 3.63) is 65.9 Å². The van der Waals surface area contributed by atoms with Crippen LogP contribution in [0.1, 0.15) is 11.1 Å². The average Bonchev–Trinajstić information content (AvgIpc) is 3.14. The molecule has 0 aliphatic carbocycles. The summed E-state index contributed by atoms with van der Waals surface area (Å²) in [5.41, 5.74) is 2.67. The molecule has 30 heavy (non-hydrogen) atoms. The van der Waals surface area contributed by atoms with Gasteiger partial charge in [0.2, 0.25) is 15.9 Å². The molecule has 0 saturated heterocycles. The van der Waals surface area contributed by atoms with Crippen LogP contribution in [0.2, 0.25) is 0 Å². The van der Waals surface area contributed by atoms with Gasteiger partial charge < -0.3 is 15.0 Å². The number of para-hydroxylation sites is 1. The van der Waals surface area contributed by atoms with E-state index in [1.807, 2.05) is 31.2 Å². The third-order valence-corrected chi connectivity index (χ3v) is 6.09. The van der Waals surface area contributed by atoms with Crippen LogP contribution in [-0.2, 0) is 30.8 Å². The van der Waals surface area contributed by atoms with Gasteiger partial charge in [0.15, 0.2) is 0 Å². The zero-order valence-corrected chi connectivity index (χ0v) is 17.5. The van der Waals surface area contributed by atoms with Gasteiger partial charge in [-0.1, -0.05) is 35.9 Å². The minimum atomic E-state index is -3.84. The number of esters is 1. The van der Waals surface area contributed by atoms with E-state index >= 15 is 0 Å². The summed E-state index contributed by atoms with van der Waals surface area (Å²) in [5.74, 6) is -1.25. The predicted molar refractivity (Wildman–Crippen MR) is 112 cm³/mol. The van der Waals surface area contributed by atoms with Crippen molar-refractivity contribution in [2.75, 3.05) is 13.7 Å². The highest BCUT2D eigenvalue weighted by Crippen LogP contribution is 2.19. The van der Waals surface area contributed by atoms with Crippen LogP contribution in [0.15, 0.2) is 59.6 Å². The number of amides is 1. The lowest BCUT2D eigenvalue weighted by Gasteiger charge is -2.16. The molecule has 3 aromatic rings. The summed E-state index contributed by atoms with van der Waals surface area (Å²) in [6.45, 7) is 1.34. The Morgan fingerprint density at radius 1 is 1.10 bits per heavy atom. The molecule has 8 nitrogen and oxygen atoms in total. The molecule has 0 aliphatic rings. The molecular formula is C21H23N3O5S. The van der Waals surface area contributed by atoms with E-state index in [-0.39, 0.29) is 11.3 Å². The Morgan fingerprint density at radius 2 is 1.80 bits per heavy atom.